The van der Waals surface area contributed by atoms with Crippen LogP contribution in [0, 0.1) is 11.6 Å². The molecule has 2 rings (SSSR count). The van der Waals surface area contributed by atoms with Gasteiger partial charge >= 0.3 is 0 Å². The Bertz CT molecular complexity index is 424. The second kappa shape index (κ2) is 5.29. The summed E-state index contributed by atoms with van der Waals surface area (Å²) in [5.41, 5.74) is 2.26. The summed E-state index contributed by atoms with van der Waals surface area (Å²) >= 11 is 7.20. The van der Waals surface area contributed by atoms with E-state index >= 15 is 0 Å². The molecule has 1 aromatic heterocycles. The summed E-state index contributed by atoms with van der Waals surface area (Å²) in [5.74, 6) is 2.92. The largest absolute Gasteiger partial charge is 0.369 e. The molecule has 0 bridgehead atoms. The lowest BCUT2D eigenvalue weighted by atomic mass is 10.2. The summed E-state index contributed by atoms with van der Waals surface area (Å²) in [7, 11) is 0. The first-order valence-corrected chi connectivity index (χ1v) is 7.07. The highest BCUT2D eigenvalue weighted by atomic mass is 32.2. The van der Waals surface area contributed by atoms with E-state index in [9.17, 15) is 0 Å². The van der Waals surface area contributed by atoms with Crippen molar-refractivity contribution in [2.75, 3.05) is 18.1 Å². The van der Waals surface area contributed by atoms with Crippen LogP contribution in [-0.2, 0) is 11.2 Å². The third-order valence-electron chi connectivity index (χ3n) is 2.72. The van der Waals surface area contributed by atoms with Crippen LogP contribution in [0.5, 0.6) is 0 Å². The molecule has 2 heterocycles. The first-order chi connectivity index (χ1) is 7.72. The molecule has 0 aliphatic carbocycles. The molecular weight excluding hydrogens is 240 g/mol. The van der Waals surface area contributed by atoms with Crippen molar-refractivity contribution in [3.8, 4) is 0 Å². The van der Waals surface area contributed by atoms with E-state index in [2.05, 4.69) is 23.8 Å². The maximum atomic E-state index is 5.69. The second-order valence-electron chi connectivity index (χ2n) is 3.82. The number of nitrogens with zero attached hydrogens (tertiary/aromatic N) is 1. The van der Waals surface area contributed by atoms with Crippen LogP contribution in [0.3, 0.4) is 0 Å². The molecule has 1 atom stereocenters. The maximum Gasteiger partial charge on any atom is 0.138 e. The van der Waals surface area contributed by atoms with Crippen LogP contribution in [0.4, 0.5) is 0 Å². The van der Waals surface area contributed by atoms with E-state index in [0.29, 0.717) is 4.64 Å². The van der Waals surface area contributed by atoms with Crippen molar-refractivity contribution in [2.45, 2.75) is 26.4 Å². The van der Waals surface area contributed by atoms with Gasteiger partial charge in [0.05, 0.1) is 6.61 Å². The predicted octanol–water partition coefficient (Wildman–Crippen LogP) is 2.81. The first kappa shape index (κ1) is 12.1. The van der Waals surface area contributed by atoms with Crippen molar-refractivity contribution in [3.63, 3.8) is 0 Å². The fraction of sp³-hybridized carbons (Fsp3) is 0.636. The molecule has 88 valence electrons. The molecule has 0 aromatic carbocycles. The molecule has 1 fully saturated rings. The number of nitrogens with one attached hydrogen (secondary N) is 1. The van der Waals surface area contributed by atoms with Crippen molar-refractivity contribution >= 4 is 24.0 Å². The zero-order valence-corrected chi connectivity index (χ0v) is 11.2. The average molecular weight is 256 g/mol. The molecule has 16 heavy (non-hydrogen) atoms. The van der Waals surface area contributed by atoms with Crippen molar-refractivity contribution in [3.05, 3.63) is 21.7 Å². The molecule has 0 spiro atoms. The van der Waals surface area contributed by atoms with Gasteiger partial charge in [-0.25, -0.2) is 4.98 Å². The topological polar surface area (TPSA) is 37.9 Å². The number of ether oxygens (including phenoxy) is 1. The Kier molecular flexibility index (Phi) is 4.00. The molecular formula is C11H16N2OS2. The van der Waals surface area contributed by atoms with Gasteiger partial charge in [0.15, 0.2) is 0 Å². The van der Waals surface area contributed by atoms with Gasteiger partial charge in [-0.3, -0.25) is 0 Å². The minimum atomic E-state index is 0.0741. The standard InChI is InChI=1S/C11H16N2OS2/c1-3-8-7(2)12-10(13-11(8)15)9-6-16-5-4-14-9/h9H,3-6H2,1-2H3,(H,12,13,15). The fourth-order valence-electron chi connectivity index (χ4n) is 1.85. The quantitative estimate of drug-likeness (QED) is 0.826. The van der Waals surface area contributed by atoms with Gasteiger partial charge in [0.2, 0.25) is 0 Å². The van der Waals surface area contributed by atoms with Gasteiger partial charge < -0.3 is 9.72 Å². The van der Waals surface area contributed by atoms with E-state index in [1.54, 1.807) is 0 Å². The highest BCUT2D eigenvalue weighted by Crippen LogP contribution is 2.24. The number of hydrogen-bond donors (Lipinski definition) is 1. The number of aromatic amines is 1. The summed E-state index contributed by atoms with van der Waals surface area (Å²) in [4.78, 5) is 7.77. The van der Waals surface area contributed by atoms with Crippen LogP contribution in [0.15, 0.2) is 0 Å². The van der Waals surface area contributed by atoms with Gasteiger partial charge in [-0.2, -0.15) is 11.8 Å². The zero-order valence-electron chi connectivity index (χ0n) is 9.58. The van der Waals surface area contributed by atoms with Crippen LogP contribution in [0.25, 0.3) is 0 Å². The van der Waals surface area contributed by atoms with E-state index < -0.39 is 0 Å². The highest BCUT2D eigenvalue weighted by Gasteiger charge is 2.19. The van der Waals surface area contributed by atoms with E-state index in [4.69, 9.17) is 17.0 Å². The molecule has 1 unspecified atom stereocenters. The maximum absolute atomic E-state index is 5.69. The van der Waals surface area contributed by atoms with Crippen molar-refractivity contribution < 1.29 is 4.74 Å². The molecule has 0 saturated carbocycles. The Hall–Kier alpha value is -0.390. The number of aryl methyl sites for hydroxylation is 1. The molecule has 1 N–H and O–H groups in total. The van der Waals surface area contributed by atoms with Crippen LogP contribution in [0.1, 0.15) is 30.1 Å². The molecule has 1 saturated heterocycles. The molecule has 3 nitrogen and oxygen atoms in total. The molecule has 1 aliphatic rings. The Morgan fingerprint density at radius 3 is 3.00 bits per heavy atom. The van der Waals surface area contributed by atoms with Gasteiger partial charge in [0.25, 0.3) is 0 Å². The lowest BCUT2D eigenvalue weighted by Crippen LogP contribution is -2.19. The Labute approximate surface area is 105 Å². The molecule has 0 radical (unpaired) electrons. The third-order valence-corrected chi connectivity index (χ3v) is 4.05. The average Bonchev–Trinajstić information content (AvgIpc) is 2.30. The molecule has 1 aliphatic heterocycles. The van der Waals surface area contributed by atoms with Gasteiger partial charge in [-0.15, -0.1) is 0 Å². The van der Waals surface area contributed by atoms with Crippen molar-refractivity contribution in [1.29, 1.82) is 0 Å². The number of thioether (sulfide) groups is 1. The molecule has 0 amide bonds. The second-order valence-corrected chi connectivity index (χ2v) is 5.36. The summed E-state index contributed by atoms with van der Waals surface area (Å²) in [6.45, 7) is 4.95. The van der Waals surface area contributed by atoms with Crippen LogP contribution in [-0.4, -0.2) is 28.1 Å². The number of aromatic nitrogens is 2. The zero-order chi connectivity index (χ0) is 11.5. The number of hydrogen-bond acceptors (Lipinski definition) is 4. The van der Waals surface area contributed by atoms with Crippen LogP contribution >= 0.6 is 24.0 Å². The van der Waals surface area contributed by atoms with Crippen molar-refractivity contribution in [1.82, 2.24) is 9.97 Å². The summed E-state index contributed by atoms with van der Waals surface area (Å²) in [5, 5.41) is 0. The minimum absolute atomic E-state index is 0.0741. The van der Waals surface area contributed by atoms with Crippen molar-refractivity contribution in [2.24, 2.45) is 0 Å². The monoisotopic (exact) mass is 256 g/mol. The smallest absolute Gasteiger partial charge is 0.138 e. The Morgan fingerprint density at radius 2 is 2.44 bits per heavy atom. The summed E-state index contributed by atoms with van der Waals surface area (Å²) in [6.07, 6.45) is 0.999. The normalized spacial score (nSPS) is 21.0. The predicted molar refractivity (Wildman–Crippen MR) is 69.6 cm³/mol. The van der Waals surface area contributed by atoms with E-state index in [0.717, 1.165) is 41.6 Å². The minimum Gasteiger partial charge on any atom is -0.369 e. The van der Waals surface area contributed by atoms with E-state index in [-0.39, 0.29) is 6.10 Å². The lowest BCUT2D eigenvalue weighted by molar-refractivity contribution is 0.0692. The van der Waals surface area contributed by atoms with Gasteiger partial charge in [0.1, 0.15) is 16.6 Å². The van der Waals surface area contributed by atoms with Gasteiger partial charge in [-0.05, 0) is 13.3 Å². The van der Waals surface area contributed by atoms with Crippen LogP contribution < -0.4 is 0 Å². The van der Waals surface area contributed by atoms with Crippen LogP contribution in [0.2, 0.25) is 0 Å². The third kappa shape index (κ3) is 2.47. The van der Waals surface area contributed by atoms with E-state index in [1.165, 1.54) is 0 Å². The SMILES string of the molecule is CCc1c(C)[nH]c(C2CSCCO2)nc1=S. The number of H-pyrrole nitrogens is 1. The van der Waals surface area contributed by atoms with Gasteiger partial charge in [0, 0.05) is 22.8 Å². The molecule has 5 heteroatoms. The Balaban J connectivity index is 2.31. The first-order valence-electron chi connectivity index (χ1n) is 5.51. The van der Waals surface area contributed by atoms with E-state index in [1.807, 2.05) is 11.8 Å². The highest BCUT2D eigenvalue weighted by molar-refractivity contribution is 7.99. The van der Waals surface area contributed by atoms with Gasteiger partial charge in [-0.1, -0.05) is 19.1 Å². The summed E-state index contributed by atoms with van der Waals surface area (Å²) in [6, 6.07) is 0. The summed E-state index contributed by atoms with van der Waals surface area (Å²) < 4.78 is 6.40. The Morgan fingerprint density at radius 1 is 1.62 bits per heavy atom. The fourth-order valence-corrected chi connectivity index (χ4v) is 3.09. The number of rotatable bonds is 2. The lowest BCUT2D eigenvalue weighted by Gasteiger charge is -2.22. The molecule has 1 aromatic rings.